The highest BCUT2D eigenvalue weighted by Crippen LogP contribution is 2.28. The van der Waals surface area contributed by atoms with E-state index in [1.54, 1.807) is 31.2 Å². The molecule has 1 aliphatic heterocycles. The van der Waals surface area contributed by atoms with E-state index in [1.807, 2.05) is 31.2 Å². The normalized spacial score (nSPS) is 15.9. The monoisotopic (exact) mass is 370 g/mol. The highest BCUT2D eigenvalue weighted by atomic mass is 16.5. The fraction of sp³-hybridized carbons (Fsp3) is 0.300. The van der Waals surface area contributed by atoms with Crippen LogP contribution < -0.4 is 25.1 Å². The molecule has 0 saturated heterocycles. The minimum atomic E-state index is -0.787. The Labute approximate surface area is 157 Å². The third-order valence-electron chi connectivity index (χ3n) is 4.07. The summed E-state index contributed by atoms with van der Waals surface area (Å²) in [6, 6.07) is 14.4. The first-order chi connectivity index (χ1) is 13.1. The van der Waals surface area contributed by atoms with E-state index in [9.17, 15) is 9.59 Å². The van der Waals surface area contributed by atoms with Gasteiger partial charge in [0.2, 0.25) is 0 Å². The summed E-state index contributed by atoms with van der Waals surface area (Å²) in [6.07, 6.45) is -0.981. The number of rotatable bonds is 6. The average Bonchev–Trinajstić information content (AvgIpc) is 3.12. The minimum Gasteiger partial charge on any atom is -0.494 e. The number of hydrogen-bond donors (Lipinski definition) is 2. The molecule has 2 N–H and O–H groups in total. The summed E-state index contributed by atoms with van der Waals surface area (Å²) in [5.41, 5.74) is 5.73. The van der Waals surface area contributed by atoms with Gasteiger partial charge in [-0.1, -0.05) is 18.2 Å². The molecule has 2 unspecified atom stereocenters. The number of carbonyl (C=O) groups excluding carboxylic acids is 2. The Kier molecular flexibility index (Phi) is 5.80. The number of hydrogen-bond acceptors (Lipinski definition) is 5. The van der Waals surface area contributed by atoms with Crippen LogP contribution in [0.4, 0.5) is 0 Å². The maximum Gasteiger partial charge on any atom is 0.279 e. The van der Waals surface area contributed by atoms with Crippen LogP contribution in [0.1, 0.15) is 19.4 Å². The van der Waals surface area contributed by atoms with Gasteiger partial charge in [0.15, 0.2) is 12.2 Å². The van der Waals surface area contributed by atoms with E-state index < -0.39 is 24.0 Å². The molecular formula is C20H22N2O5. The molecule has 1 heterocycles. The Balaban J connectivity index is 1.45. The summed E-state index contributed by atoms with van der Waals surface area (Å²) in [5, 5.41) is 0. The van der Waals surface area contributed by atoms with E-state index in [0.717, 1.165) is 11.3 Å². The van der Waals surface area contributed by atoms with Gasteiger partial charge in [0, 0.05) is 6.42 Å². The summed E-state index contributed by atoms with van der Waals surface area (Å²) in [6.45, 7) is 4.08. The first kappa shape index (κ1) is 18.6. The van der Waals surface area contributed by atoms with Gasteiger partial charge >= 0.3 is 0 Å². The lowest BCUT2D eigenvalue weighted by molar-refractivity contribution is -0.135. The zero-order chi connectivity index (χ0) is 19.2. The Bertz CT molecular complexity index is 781. The van der Waals surface area contributed by atoms with Crippen LogP contribution in [0.25, 0.3) is 0 Å². The number of amides is 2. The maximum absolute atomic E-state index is 12.2. The van der Waals surface area contributed by atoms with Crippen molar-refractivity contribution in [2.75, 3.05) is 6.61 Å². The Hall–Kier alpha value is -3.22. The second-order valence-corrected chi connectivity index (χ2v) is 6.06. The molecule has 7 heteroatoms. The number of carbonyl (C=O) groups is 2. The summed E-state index contributed by atoms with van der Waals surface area (Å²) in [5.74, 6) is 1.07. The third-order valence-corrected chi connectivity index (χ3v) is 4.07. The number of fused-ring (bicyclic) bond motifs is 1. The molecule has 3 rings (SSSR count). The predicted octanol–water partition coefficient (Wildman–Crippen LogP) is 2.00. The molecular weight excluding hydrogens is 348 g/mol. The first-order valence-electron chi connectivity index (χ1n) is 8.80. The molecule has 27 heavy (non-hydrogen) atoms. The van der Waals surface area contributed by atoms with Crippen molar-refractivity contribution >= 4 is 11.8 Å². The zero-order valence-electron chi connectivity index (χ0n) is 15.2. The number of ether oxygens (including phenoxy) is 3. The van der Waals surface area contributed by atoms with Crippen molar-refractivity contribution in [1.29, 1.82) is 0 Å². The Morgan fingerprint density at radius 3 is 2.52 bits per heavy atom. The molecule has 0 fully saturated rings. The van der Waals surface area contributed by atoms with E-state index in [1.165, 1.54) is 0 Å². The van der Waals surface area contributed by atoms with Crippen LogP contribution in [-0.4, -0.2) is 30.6 Å². The molecule has 0 aromatic heterocycles. The van der Waals surface area contributed by atoms with Crippen molar-refractivity contribution in [1.82, 2.24) is 10.9 Å². The number of nitrogens with one attached hydrogen (secondary N) is 2. The van der Waals surface area contributed by atoms with Crippen LogP contribution in [0.3, 0.4) is 0 Å². The highest BCUT2D eigenvalue weighted by molar-refractivity contribution is 5.87. The maximum atomic E-state index is 12.2. The average molecular weight is 370 g/mol. The van der Waals surface area contributed by atoms with Gasteiger partial charge in [0.1, 0.15) is 17.2 Å². The standard InChI is InChI=1S/C20H22N2O5/c1-3-25-15-8-10-16(11-9-15)26-13(2)19(23)21-22-20(24)18-12-14-6-4-5-7-17(14)27-18/h4-11,13,18H,3,12H2,1-2H3,(H,21,23)(H,22,24). The van der Waals surface area contributed by atoms with Crippen molar-refractivity contribution in [3.63, 3.8) is 0 Å². The van der Waals surface area contributed by atoms with E-state index in [2.05, 4.69) is 10.9 Å². The molecule has 2 amide bonds. The van der Waals surface area contributed by atoms with Gasteiger partial charge in [-0.2, -0.15) is 0 Å². The molecule has 0 bridgehead atoms. The molecule has 2 aromatic rings. The van der Waals surface area contributed by atoms with E-state index in [0.29, 0.717) is 24.5 Å². The zero-order valence-corrected chi connectivity index (χ0v) is 15.2. The molecule has 2 atom stereocenters. The van der Waals surface area contributed by atoms with Gasteiger partial charge in [0.25, 0.3) is 11.8 Å². The van der Waals surface area contributed by atoms with Gasteiger partial charge < -0.3 is 14.2 Å². The van der Waals surface area contributed by atoms with Crippen molar-refractivity contribution in [3.05, 3.63) is 54.1 Å². The Morgan fingerprint density at radius 2 is 1.81 bits per heavy atom. The smallest absolute Gasteiger partial charge is 0.279 e. The molecule has 2 aromatic carbocycles. The first-order valence-corrected chi connectivity index (χ1v) is 8.80. The van der Waals surface area contributed by atoms with Crippen LogP contribution in [-0.2, 0) is 16.0 Å². The van der Waals surface area contributed by atoms with Gasteiger partial charge in [-0.15, -0.1) is 0 Å². The van der Waals surface area contributed by atoms with Crippen LogP contribution in [0, 0.1) is 0 Å². The number of para-hydroxylation sites is 1. The predicted molar refractivity (Wildman–Crippen MR) is 98.5 cm³/mol. The van der Waals surface area contributed by atoms with Gasteiger partial charge in [-0.05, 0) is 49.7 Å². The SMILES string of the molecule is CCOc1ccc(OC(C)C(=O)NNC(=O)C2Cc3ccccc3O2)cc1. The molecule has 142 valence electrons. The lowest BCUT2D eigenvalue weighted by Crippen LogP contribution is -2.51. The van der Waals surface area contributed by atoms with Gasteiger partial charge in [-0.25, -0.2) is 0 Å². The van der Waals surface area contributed by atoms with Crippen LogP contribution in [0.2, 0.25) is 0 Å². The van der Waals surface area contributed by atoms with Crippen LogP contribution >= 0.6 is 0 Å². The van der Waals surface area contributed by atoms with Crippen molar-refractivity contribution in [2.45, 2.75) is 32.5 Å². The fourth-order valence-electron chi connectivity index (χ4n) is 2.67. The van der Waals surface area contributed by atoms with Gasteiger partial charge in [0.05, 0.1) is 6.61 Å². The van der Waals surface area contributed by atoms with E-state index >= 15 is 0 Å². The largest absolute Gasteiger partial charge is 0.494 e. The van der Waals surface area contributed by atoms with Crippen molar-refractivity contribution in [2.24, 2.45) is 0 Å². The molecule has 0 radical (unpaired) electrons. The second-order valence-electron chi connectivity index (χ2n) is 6.06. The molecule has 0 spiro atoms. The van der Waals surface area contributed by atoms with Crippen LogP contribution in [0.15, 0.2) is 48.5 Å². The molecule has 7 nitrogen and oxygen atoms in total. The minimum absolute atomic E-state index is 0.409. The van der Waals surface area contributed by atoms with E-state index in [4.69, 9.17) is 14.2 Å². The molecule has 0 aliphatic carbocycles. The Morgan fingerprint density at radius 1 is 1.11 bits per heavy atom. The quantitative estimate of drug-likeness (QED) is 0.760. The van der Waals surface area contributed by atoms with Gasteiger partial charge in [-0.3, -0.25) is 20.4 Å². The number of benzene rings is 2. The molecule has 0 saturated carbocycles. The van der Waals surface area contributed by atoms with Crippen LogP contribution in [0.5, 0.6) is 17.2 Å². The van der Waals surface area contributed by atoms with Crippen molar-refractivity contribution < 1.29 is 23.8 Å². The summed E-state index contributed by atoms with van der Waals surface area (Å²) in [7, 11) is 0. The third kappa shape index (κ3) is 4.69. The van der Waals surface area contributed by atoms with E-state index in [-0.39, 0.29) is 0 Å². The summed E-state index contributed by atoms with van der Waals surface area (Å²) >= 11 is 0. The lowest BCUT2D eigenvalue weighted by atomic mass is 10.1. The second kappa shape index (κ2) is 8.44. The topological polar surface area (TPSA) is 85.9 Å². The highest BCUT2D eigenvalue weighted by Gasteiger charge is 2.29. The summed E-state index contributed by atoms with van der Waals surface area (Å²) in [4.78, 5) is 24.3. The number of hydrazine groups is 1. The fourth-order valence-corrected chi connectivity index (χ4v) is 2.67. The molecule has 1 aliphatic rings. The summed E-state index contributed by atoms with van der Waals surface area (Å²) < 4.78 is 16.5. The van der Waals surface area contributed by atoms with Crippen molar-refractivity contribution in [3.8, 4) is 17.2 Å². The lowest BCUT2D eigenvalue weighted by Gasteiger charge is -2.16.